The lowest BCUT2D eigenvalue weighted by Crippen LogP contribution is -2.25. The SMILES string of the molecule is C1=C(c2ccccc2-c2ccccc2)NC(c2cc(-n3c4ccccc4c4ccccc43)cc(-n3c4ccccc4c4ccccc43)c2)N=C1c1ccccc1. The largest absolute Gasteiger partial charge is 0.359 e. The van der Waals surface area contributed by atoms with Crippen molar-refractivity contribution in [3.05, 3.63) is 223 Å². The first-order valence-electron chi connectivity index (χ1n) is 19.2. The van der Waals surface area contributed by atoms with Crippen molar-refractivity contribution >= 4 is 55.0 Å². The number of hydrogen-bond acceptors (Lipinski definition) is 2. The highest BCUT2D eigenvalue weighted by molar-refractivity contribution is 6.14. The molecule has 2 aromatic heterocycles. The molecule has 1 aliphatic rings. The molecule has 56 heavy (non-hydrogen) atoms. The van der Waals surface area contributed by atoms with E-state index in [2.05, 4.69) is 221 Å². The Morgan fingerprint density at radius 2 is 0.804 bits per heavy atom. The van der Waals surface area contributed by atoms with Crippen LogP contribution >= 0.6 is 0 Å². The van der Waals surface area contributed by atoms with Gasteiger partial charge in [-0.1, -0.05) is 158 Å². The molecule has 264 valence electrons. The zero-order valence-electron chi connectivity index (χ0n) is 30.5. The van der Waals surface area contributed by atoms with Gasteiger partial charge >= 0.3 is 0 Å². The van der Waals surface area contributed by atoms with Crippen molar-refractivity contribution in [2.75, 3.05) is 0 Å². The first-order chi connectivity index (χ1) is 27.8. The second kappa shape index (κ2) is 13.2. The van der Waals surface area contributed by atoms with Crippen LogP contribution in [-0.4, -0.2) is 14.8 Å². The second-order valence-electron chi connectivity index (χ2n) is 14.4. The van der Waals surface area contributed by atoms with Crippen molar-refractivity contribution in [3.63, 3.8) is 0 Å². The van der Waals surface area contributed by atoms with Crippen LogP contribution in [0.4, 0.5) is 0 Å². The van der Waals surface area contributed by atoms with Crippen LogP contribution in [0, 0.1) is 0 Å². The average Bonchev–Trinajstić information content (AvgIpc) is 3.80. The second-order valence-corrected chi connectivity index (χ2v) is 14.4. The van der Waals surface area contributed by atoms with E-state index in [4.69, 9.17) is 4.99 Å². The molecule has 0 aliphatic carbocycles. The van der Waals surface area contributed by atoms with E-state index in [-0.39, 0.29) is 6.17 Å². The Morgan fingerprint density at radius 3 is 1.30 bits per heavy atom. The smallest absolute Gasteiger partial charge is 0.145 e. The highest BCUT2D eigenvalue weighted by atomic mass is 15.1. The van der Waals surface area contributed by atoms with Crippen molar-refractivity contribution in [2.24, 2.45) is 4.99 Å². The van der Waals surface area contributed by atoms with E-state index in [1.165, 1.54) is 54.7 Å². The molecular formula is C52H36N4. The fraction of sp³-hybridized carbons (Fsp3) is 0.0192. The third kappa shape index (κ3) is 5.26. The molecule has 1 aliphatic heterocycles. The summed E-state index contributed by atoms with van der Waals surface area (Å²) in [7, 11) is 0. The predicted molar refractivity (Wildman–Crippen MR) is 234 cm³/mol. The topological polar surface area (TPSA) is 34.2 Å². The number of nitrogens with one attached hydrogen (secondary N) is 1. The van der Waals surface area contributed by atoms with Crippen molar-refractivity contribution in [1.82, 2.24) is 14.5 Å². The monoisotopic (exact) mass is 716 g/mol. The van der Waals surface area contributed by atoms with Gasteiger partial charge in [0.05, 0.1) is 27.8 Å². The molecular weight excluding hydrogens is 681 g/mol. The number of nitrogens with zero attached hydrogens (tertiary/aromatic N) is 3. The van der Waals surface area contributed by atoms with Crippen molar-refractivity contribution < 1.29 is 0 Å². The molecule has 0 bridgehead atoms. The molecule has 4 nitrogen and oxygen atoms in total. The van der Waals surface area contributed by atoms with Crippen LogP contribution < -0.4 is 5.32 Å². The minimum atomic E-state index is -0.381. The molecule has 4 heteroatoms. The van der Waals surface area contributed by atoms with E-state index in [0.29, 0.717) is 0 Å². The number of aromatic nitrogens is 2. The molecule has 11 rings (SSSR count). The van der Waals surface area contributed by atoms with Crippen LogP contribution in [0.5, 0.6) is 0 Å². The van der Waals surface area contributed by atoms with Gasteiger partial charge in [0.2, 0.25) is 0 Å². The molecule has 1 N–H and O–H groups in total. The Kier molecular flexibility index (Phi) is 7.52. The highest BCUT2D eigenvalue weighted by Crippen LogP contribution is 2.39. The summed E-state index contributed by atoms with van der Waals surface area (Å²) in [5.74, 6) is 0. The maximum atomic E-state index is 5.51. The number of allylic oxidation sites excluding steroid dienone is 1. The molecule has 10 aromatic rings. The fourth-order valence-electron chi connectivity index (χ4n) is 8.64. The lowest BCUT2D eigenvalue weighted by molar-refractivity contribution is 0.663. The maximum Gasteiger partial charge on any atom is 0.145 e. The molecule has 1 unspecified atom stereocenters. The van der Waals surface area contributed by atoms with Gasteiger partial charge in [-0.2, -0.15) is 0 Å². The fourth-order valence-corrected chi connectivity index (χ4v) is 8.64. The first-order valence-corrected chi connectivity index (χ1v) is 19.2. The van der Waals surface area contributed by atoms with Crippen LogP contribution in [0.3, 0.4) is 0 Å². The summed E-state index contributed by atoms with van der Waals surface area (Å²) < 4.78 is 4.83. The molecule has 8 aromatic carbocycles. The van der Waals surface area contributed by atoms with Crippen LogP contribution in [0.2, 0.25) is 0 Å². The summed E-state index contributed by atoms with van der Waals surface area (Å²) in [6.07, 6.45) is 1.83. The minimum absolute atomic E-state index is 0.381. The van der Waals surface area contributed by atoms with Gasteiger partial charge in [-0.3, -0.25) is 4.99 Å². The van der Waals surface area contributed by atoms with Crippen LogP contribution in [0.25, 0.3) is 71.8 Å². The lowest BCUT2D eigenvalue weighted by atomic mass is 9.95. The summed E-state index contributed by atoms with van der Waals surface area (Å²) >= 11 is 0. The van der Waals surface area contributed by atoms with E-state index >= 15 is 0 Å². The normalized spacial score (nSPS) is 14.2. The Morgan fingerprint density at radius 1 is 0.393 bits per heavy atom. The van der Waals surface area contributed by atoms with E-state index in [1.54, 1.807) is 0 Å². The molecule has 0 amide bonds. The standard InChI is InChI=1S/C52H36N4/c1-3-17-35(18-4-1)40-21-7-8-22-41(40)47-34-46(36-19-5-2-6-20-36)53-52(54-47)37-31-38(55-48-27-13-9-23-42(48)43-24-10-14-28-49(43)55)33-39(32-37)56-50-29-15-11-25-44(50)45-26-12-16-30-51(45)56/h1-34,52,54H. The minimum Gasteiger partial charge on any atom is -0.359 e. The third-order valence-corrected chi connectivity index (χ3v) is 11.1. The highest BCUT2D eigenvalue weighted by Gasteiger charge is 2.24. The number of fused-ring (bicyclic) bond motifs is 6. The molecule has 0 saturated heterocycles. The Hall–Kier alpha value is -7.43. The van der Waals surface area contributed by atoms with Crippen molar-refractivity contribution in [1.29, 1.82) is 0 Å². The average molecular weight is 717 g/mol. The molecule has 3 heterocycles. The van der Waals surface area contributed by atoms with Crippen molar-refractivity contribution in [3.8, 4) is 22.5 Å². The quantitative estimate of drug-likeness (QED) is 0.183. The molecule has 1 atom stereocenters. The van der Waals surface area contributed by atoms with E-state index in [0.717, 1.165) is 39.5 Å². The van der Waals surface area contributed by atoms with Gasteiger partial charge in [0, 0.05) is 49.7 Å². The predicted octanol–water partition coefficient (Wildman–Crippen LogP) is 12.7. The Balaban J connectivity index is 1.18. The molecule has 0 radical (unpaired) electrons. The van der Waals surface area contributed by atoms with Gasteiger partial charge in [-0.15, -0.1) is 0 Å². The van der Waals surface area contributed by atoms with Gasteiger partial charge in [0.1, 0.15) is 6.17 Å². The maximum absolute atomic E-state index is 5.51. The Bertz CT molecular complexity index is 2930. The van der Waals surface area contributed by atoms with Gasteiger partial charge < -0.3 is 14.5 Å². The zero-order valence-corrected chi connectivity index (χ0v) is 30.5. The van der Waals surface area contributed by atoms with Crippen LogP contribution in [-0.2, 0) is 0 Å². The van der Waals surface area contributed by atoms with Crippen LogP contribution in [0.15, 0.2) is 211 Å². The van der Waals surface area contributed by atoms with Gasteiger partial charge in [-0.25, -0.2) is 0 Å². The number of benzene rings is 8. The lowest BCUT2D eigenvalue weighted by Gasteiger charge is -2.27. The van der Waals surface area contributed by atoms with E-state index in [1.807, 2.05) is 0 Å². The summed E-state index contributed by atoms with van der Waals surface area (Å²) in [5, 5.41) is 8.87. The van der Waals surface area contributed by atoms with Crippen LogP contribution in [0.1, 0.15) is 22.9 Å². The molecule has 0 fully saturated rings. The summed E-state index contributed by atoms with van der Waals surface area (Å²) in [6, 6.07) is 71.7. The van der Waals surface area contributed by atoms with Gasteiger partial charge in [0.25, 0.3) is 0 Å². The zero-order chi connectivity index (χ0) is 37.0. The third-order valence-electron chi connectivity index (χ3n) is 11.1. The summed E-state index contributed by atoms with van der Waals surface area (Å²) in [4.78, 5) is 5.51. The van der Waals surface area contributed by atoms with E-state index < -0.39 is 0 Å². The number of para-hydroxylation sites is 4. The molecule has 0 spiro atoms. The number of aliphatic imine (C=N–C) groups is 1. The van der Waals surface area contributed by atoms with Crippen molar-refractivity contribution in [2.45, 2.75) is 6.17 Å². The summed E-state index contributed by atoms with van der Waals surface area (Å²) in [6.45, 7) is 0. The van der Waals surface area contributed by atoms with E-state index in [9.17, 15) is 0 Å². The van der Waals surface area contributed by atoms with Gasteiger partial charge in [0.15, 0.2) is 0 Å². The Labute approximate surface area is 324 Å². The first kappa shape index (κ1) is 32.0. The number of hydrogen-bond donors (Lipinski definition) is 1. The van der Waals surface area contributed by atoms with Gasteiger partial charge in [-0.05, 0) is 65.2 Å². The number of rotatable bonds is 6. The summed E-state index contributed by atoms with van der Waals surface area (Å²) in [5.41, 5.74) is 14.4. The molecule has 0 saturated carbocycles.